The zero-order valence-corrected chi connectivity index (χ0v) is 9.66. The van der Waals surface area contributed by atoms with Crippen molar-refractivity contribution in [1.82, 2.24) is 9.88 Å². The number of rotatable bonds is 6. The SMILES string of the molecule is CCN(C)CCNc1ncccc1OC. The van der Waals surface area contributed by atoms with E-state index in [1.54, 1.807) is 13.3 Å². The van der Waals surface area contributed by atoms with Crippen molar-refractivity contribution in [3.05, 3.63) is 18.3 Å². The van der Waals surface area contributed by atoms with Gasteiger partial charge >= 0.3 is 0 Å². The van der Waals surface area contributed by atoms with Gasteiger partial charge in [0.15, 0.2) is 11.6 Å². The lowest BCUT2D eigenvalue weighted by Gasteiger charge is -2.15. The molecule has 15 heavy (non-hydrogen) atoms. The van der Waals surface area contributed by atoms with Crippen LogP contribution in [0.15, 0.2) is 18.3 Å². The fourth-order valence-electron chi connectivity index (χ4n) is 1.21. The lowest BCUT2D eigenvalue weighted by atomic mass is 10.4. The summed E-state index contributed by atoms with van der Waals surface area (Å²) in [5.41, 5.74) is 0. The van der Waals surface area contributed by atoms with Crippen LogP contribution < -0.4 is 10.1 Å². The van der Waals surface area contributed by atoms with E-state index in [4.69, 9.17) is 4.74 Å². The second-order valence-corrected chi connectivity index (χ2v) is 3.38. The molecule has 0 spiro atoms. The summed E-state index contributed by atoms with van der Waals surface area (Å²) in [4.78, 5) is 6.46. The minimum absolute atomic E-state index is 0.789. The molecule has 1 N–H and O–H groups in total. The third-order valence-corrected chi connectivity index (χ3v) is 2.32. The molecule has 4 heteroatoms. The second kappa shape index (κ2) is 6.24. The number of likely N-dealkylation sites (N-methyl/N-ethyl adjacent to an activating group) is 1. The summed E-state index contributed by atoms with van der Waals surface area (Å²) in [7, 11) is 3.75. The monoisotopic (exact) mass is 209 g/mol. The molecule has 0 fully saturated rings. The van der Waals surface area contributed by atoms with Gasteiger partial charge in [0.1, 0.15) is 0 Å². The highest BCUT2D eigenvalue weighted by molar-refractivity contribution is 5.49. The summed E-state index contributed by atoms with van der Waals surface area (Å²) in [5.74, 6) is 1.60. The third kappa shape index (κ3) is 3.75. The van der Waals surface area contributed by atoms with Crippen LogP contribution in [0.5, 0.6) is 5.75 Å². The van der Waals surface area contributed by atoms with Gasteiger partial charge in [0, 0.05) is 19.3 Å². The van der Waals surface area contributed by atoms with Crippen molar-refractivity contribution in [2.45, 2.75) is 6.92 Å². The van der Waals surface area contributed by atoms with Crippen molar-refractivity contribution in [3.8, 4) is 5.75 Å². The van der Waals surface area contributed by atoms with Crippen LogP contribution in [0, 0.1) is 0 Å². The number of pyridine rings is 1. The Kier molecular flexibility index (Phi) is 4.90. The van der Waals surface area contributed by atoms with Crippen LogP contribution in [0.25, 0.3) is 0 Å². The zero-order valence-electron chi connectivity index (χ0n) is 9.66. The third-order valence-electron chi connectivity index (χ3n) is 2.32. The van der Waals surface area contributed by atoms with Crippen LogP contribution in [-0.4, -0.2) is 43.7 Å². The summed E-state index contributed by atoms with van der Waals surface area (Å²) in [5, 5.41) is 3.25. The fourth-order valence-corrected chi connectivity index (χ4v) is 1.21. The van der Waals surface area contributed by atoms with Gasteiger partial charge < -0.3 is 15.0 Å². The lowest BCUT2D eigenvalue weighted by molar-refractivity contribution is 0.366. The molecule has 4 nitrogen and oxygen atoms in total. The Labute approximate surface area is 91.3 Å². The highest BCUT2D eigenvalue weighted by Crippen LogP contribution is 2.19. The van der Waals surface area contributed by atoms with Gasteiger partial charge in [-0.3, -0.25) is 0 Å². The largest absolute Gasteiger partial charge is 0.493 e. The van der Waals surface area contributed by atoms with Crippen LogP contribution in [0.3, 0.4) is 0 Å². The van der Waals surface area contributed by atoms with Crippen LogP contribution in [0.4, 0.5) is 5.82 Å². The molecule has 0 saturated carbocycles. The summed E-state index contributed by atoms with van der Waals surface area (Å²) in [6, 6.07) is 3.76. The standard InChI is InChI=1S/C11H19N3O/c1-4-14(2)9-8-13-11-10(15-3)6-5-7-12-11/h5-7H,4,8-9H2,1-3H3,(H,12,13). The highest BCUT2D eigenvalue weighted by Gasteiger charge is 2.01. The van der Waals surface area contributed by atoms with E-state index in [9.17, 15) is 0 Å². The molecular weight excluding hydrogens is 190 g/mol. The molecule has 0 unspecified atom stereocenters. The van der Waals surface area contributed by atoms with Crippen LogP contribution in [-0.2, 0) is 0 Å². The molecule has 0 amide bonds. The first-order valence-corrected chi connectivity index (χ1v) is 5.19. The molecule has 1 heterocycles. The number of ether oxygens (including phenoxy) is 1. The van der Waals surface area contributed by atoms with Crippen LogP contribution in [0.2, 0.25) is 0 Å². The minimum atomic E-state index is 0.789. The number of aromatic nitrogens is 1. The molecule has 0 atom stereocenters. The molecule has 0 bridgehead atoms. The number of hydrogen-bond acceptors (Lipinski definition) is 4. The Bertz CT molecular complexity index is 291. The van der Waals surface area contributed by atoms with Gasteiger partial charge in [0.05, 0.1) is 7.11 Å². The molecule has 1 aromatic rings. The van der Waals surface area contributed by atoms with E-state index in [0.29, 0.717) is 0 Å². The van der Waals surface area contributed by atoms with E-state index in [-0.39, 0.29) is 0 Å². The van der Waals surface area contributed by atoms with Gasteiger partial charge in [0.25, 0.3) is 0 Å². The zero-order chi connectivity index (χ0) is 11.1. The van der Waals surface area contributed by atoms with Crippen molar-refractivity contribution in [1.29, 1.82) is 0 Å². The Morgan fingerprint density at radius 3 is 3.00 bits per heavy atom. The van der Waals surface area contributed by atoms with Gasteiger partial charge in [0.2, 0.25) is 0 Å². The van der Waals surface area contributed by atoms with Crippen LogP contribution >= 0.6 is 0 Å². The average molecular weight is 209 g/mol. The van der Waals surface area contributed by atoms with Crippen molar-refractivity contribution >= 4 is 5.82 Å². The predicted octanol–water partition coefficient (Wildman–Crippen LogP) is 1.45. The lowest BCUT2D eigenvalue weighted by Crippen LogP contribution is -2.25. The van der Waals surface area contributed by atoms with Crippen molar-refractivity contribution in [3.63, 3.8) is 0 Å². The van der Waals surface area contributed by atoms with Gasteiger partial charge in [-0.05, 0) is 25.7 Å². The van der Waals surface area contributed by atoms with Crippen molar-refractivity contribution < 1.29 is 4.74 Å². The molecule has 0 aliphatic carbocycles. The molecule has 1 aromatic heterocycles. The normalized spacial score (nSPS) is 10.4. The summed E-state index contributed by atoms with van der Waals surface area (Å²) in [6.07, 6.45) is 1.76. The summed E-state index contributed by atoms with van der Waals surface area (Å²) < 4.78 is 5.19. The minimum Gasteiger partial charge on any atom is -0.493 e. The van der Waals surface area contributed by atoms with Gasteiger partial charge in [-0.2, -0.15) is 0 Å². The topological polar surface area (TPSA) is 37.4 Å². The van der Waals surface area contributed by atoms with Gasteiger partial charge in [-0.15, -0.1) is 0 Å². The molecule has 0 saturated heterocycles. The maximum absolute atomic E-state index is 5.19. The molecule has 0 radical (unpaired) electrons. The second-order valence-electron chi connectivity index (χ2n) is 3.38. The Morgan fingerprint density at radius 2 is 2.33 bits per heavy atom. The Hall–Kier alpha value is -1.29. The smallest absolute Gasteiger partial charge is 0.168 e. The van der Waals surface area contributed by atoms with E-state index < -0.39 is 0 Å². The van der Waals surface area contributed by atoms with Crippen LogP contribution in [0.1, 0.15) is 6.92 Å². The number of anilines is 1. The molecule has 0 aliphatic rings. The number of hydrogen-bond donors (Lipinski definition) is 1. The van der Waals surface area contributed by atoms with Gasteiger partial charge in [-0.1, -0.05) is 6.92 Å². The number of nitrogens with one attached hydrogen (secondary N) is 1. The molecular formula is C11H19N3O. The number of nitrogens with zero attached hydrogens (tertiary/aromatic N) is 2. The highest BCUT2D eigenvalue weighted by atomic mass is 16.5. The van der Waals surface area contributed by atoms with Crippen molar-refractivity contribution in [2.24, 2.45) is 0 Å². The Balaban J connectivity index is 2.43. The first-order valence-electron chi connectivity index (χ1n) is 5.19. The fraction of sp³-hybridized carbons (Fsp3) is 0.545. The van der Waals surface area contributed by atoms with E-state index in [2.05, 4.69) is 29.2 Å². The first-order chi connectivity index (χ1) is 7.27. The summed E-state index contributed by atoms with van der Waals surface area (Å²) in [6.45, 7) is 5.07. The predicted molar refractivity (Wildman–Crippen MR) is 62.4 cm³/mol. The van der Waals surface area contributed by atoms with E-state index in [1.807, 2.05) is 12.1 Å². The summed E-state index contributed by atoms with van der Waals surface area (Å²) >= 11 is 0. The first kappa shape index (κ1) is 11.8. The van der Waals surface area contributed by atoms with E-state index in [0.717, 1.165) is 31.2 Å². The molecule has 0 aliphatic heterocycles. The average Bonchev–Trinajstić information content (AvgIpc) is 2.29. The maximum atomic E-state index is 5.19. The maximum Gasteiger partial charge on any atom is 0.168 e. The van der Waals surface area contributed by atoms with E-state index >= 15 is 0 Å². The van der Waals surface area contributed by atoms with Crippen molar-refractivity contribution in [2.75, 3.05) is 39.1 Å². The Morgan fingerprint density at radius 1 is 1.53 bits per heavy atom. The van der Waals surface area contributed by atoms with Gasteiger partial charge in [-0.25, -0.2) is 4.98 Å². The van der Waals surface area contributed by atoms with E-state index in [1.165, 1.54) is 0 Å². The molecule has 84 valence electrons. The quantitative estimate of drug-likeness (QED) is 0.769. The number of methoxy groups -OCH3 is 1. The molecule has 1 rings (SSSR count). The molecule has 0 aromatic carbocycles.